The lowest BCUT2D eigenvalue weighted by molar-refractivity contribution is -0.116. The van der Waals surface area contributed by atoms with Crippen molar-refractivity contribution in [1.29, 1.82) is 0 Å². The molecule has 0 radical (unpaired) electrons. The molecule has 1 unspecified atom stereocenters. The second-order valence-corrected chi connectivity index (χ2v) is 7.35. The van der Waals surface area contributed by atoms with Crippen molar-refractivity contribution in [3.63, 3.8) is 0 Å². The Balaban J connectivity index is 2.30. The Morgan fingerprint density at radius 2 is 1.56 bits per heavy atom. The van der Waals surface area contributed by atoms with E-state index in [1.165, 1.54) is 69.6 Å². The maximum Gasteiger partial charge on any atom is 0.337 e. The number of carbonyl (C=O) groups is 2. The van der Waals surface area contributed by atoms with Gasteiger partial charge < -0.3 is 19.3 Å². The van der Waals surface area contributed by atoms with Crippen LogP contribution in [0.4, 0.5) is 5.69 Å². The van der Waals surface area contributed by atoms with Crippen molar-refractivity contribution in [2.24, 2.45) is 0 Å². The number of rotatable bonds is 7. The van der Waals surface area contributed by atoms with E-state index in [0.717, 1.165) is 0 Å². The maximum atomic E-state index is 13.1. The molecule has 3 rings (SSSR count). The van der Waals surface area contributed by atoms with Gasteiger partial charge in [0.2, 0.25) is 11.3 Å². The largest absolute Gasteiger partial charge is 0.508 e. The minimum Gasteiger partial charge on any atom is -0.508 e. The van der Waals surface area contributed by atoms with Gasteiger partial charge in [-0.05, 0) is 54.1 Å². The van der Waals surface area contributed by atoms with Gasteiger partial charge in [0.25, 0.3) is 0 Å². The standard InChI is InChI=1S/C26H25NO7/c1-16(28)27(22-13-7-18(26(31)34-4)8-14-23(22)30)25(17-5-9-19(29)10-6-17)21-12-11-20(32-2)15-24(21)33-3/h5-15,25,29H,1-4H3. The van der Waals surface area contributed by atoms with E-state index in [0.29, 0.717) is 22.6 Å². The monoisotopic (exact) mass is 463 g/mol. The maximum absolute atomic E-state index is 13.1. The zero-order valence-corrected chi connectivity index (χ0v) is 19.3. The van der Waals surface area contributed by atoms with Gasteiger partial charge in [0.1, 0.15) is 17.2 Å². The Morgan fingerprint density at radius 3 is 2.15 bits per heavy atom. The summed E-state index contributed by atoms with van der Waals surface area (Å²) in [4.78, 5) is 39.4. The van der Waals surface area contributed by atoms with Gasteiger partial charge >= 0.3 is 5.97 Å². The molecular weight excluding hydrogens is 438 g/mol. The lowest BCUT2D eigenvalue weighted by Gasteiger charge is -2.32. The Labute approximate surface area is 196 Å². The normalized spacial score (nSPS) is 11.3. The van der Waals surface area contributed by atoms with Crippen LogP contribution in [0.15, 0.2) is 71.5 Å². The van der Waals surface area contributed by atoms with Gasteiger partial charge in [-0.2, -0.15) is 0 Å². The van der Waals surface area contributed by atoms with Gasteiger partial charge in [-0.15, -0.1) is 0 Å². The summed E-state index contributed by atoms with van der Waals surface area (Å²) in [6, 6.07) is 16.1. The quantitative estimate of drug-likeness (QED) is 0.533. The van der Waals surface area contributed by atoms with Gasteiger partial charge in [-0.1, -0.05) is 12.1 Å². The molecule has 3 aromatic carbocycles. The fraction of sp³-hybridized carbons (Fsp3) is 0.192. The molecule has 1 amide bonds. The molecule has 0 aliphatic rings. The van der Waals surface area contributed by atoms with Crippen LogP contribution in [-0.2, 0) is 9.53 Å². The highest BCUT2D eigenvalue weighted by molar-refractivity contribution is 5.94. The van der Waals surface area contributed by atoms with Crippen LogP contribution in [-0.4, -0.2) is 38.3 Å². The molecule has 1 N–H and O–H groups in total. The SMILES string of the molecule is COC(=O)c1ccc(N(C(C)=O)C(c2ccc(O)cc2)c2ccc(OC)cc2OC)c(=O)cc1. The zero-order valence-electron chi connectivity index (χ0n) is 19.3. The first-order chi connectivity index (χ1) is 16.3. The number of phenols is 1. The van der Waals surface area contributed by atoms with E-state index in [-0.39, 0.29) is 17.0 Å². The molecule has 176 valence electrons. The fourth-order valence-corrected chi connectivity index (χ4v) is 3.67. The van der Waals surface area contributed by atoms with Crippen LogP contribution >= 0.6 is 0 Å². The predicted molar refractivity (Wildman–Crippen MR) is 127 cm³/mol. The highest BCUT2D eigenvalue weighted by atomic mass is 16.5. The van der Waals surface area contributed by atoms with Crippen molar-refractivity contribution in [2.45, 2.75) is 13.0 Å². The fourth-order valence-electron chi connectivity index (χ4n) is 3.67. The van der Waals surface area contributed by atoms with Crippen LogP contribution in [0, 0.1) is 0 Å². The second-order valence-electron chi connectivity index (χ2n) is 7.35. The number of hydrogen-bond acceptors (Lipinski definition) is 7. The average Bonchev–Trinajstić information content (AvgIpc) is 3.03. The topological polar surface area (TPSA) is 102 Å². The smallest absolute Gasteiger partial charge is 0.337 e. The van der Waals surface area contributed by atoms with Crippen LogP contribution in [0.5, 0.6) is 17.2 Å². The Kier molecular flexibility index (Phi) is 7.53. The summed E-state index contributed by atoms with van der Waals surface area (Å²) in [6.07, 6.45) is 0. The zero-order chi connectivity index (χ0) is 24.8. The van der Waals surface area contributed by atoms with E-state index in [2.05, 4.69) is 0 Å². The van der Waals surface area contributed by atoms with Crippen molar-refractivity contribution < 1.29 is 28.9 Å². The minimum absolute atomic E-state index is 0.0527. The number of aromatic hydroxyl groups is 1. The highest BCUT2D eigenvalue weighted by Crippen LogP contribution is 2.39. The number of phenolic OH excluding ortho intramolecular Hbond substituents is 1. The van der Waals surface area contributed by atoms with Crippen LogP contribution in [0.1, 0.15) is 34.5 Å². The van der Waals surface area contributed by atoms with Crippen molar-refractivity contribution >= 4 is 17.6 Å². The molecule has 34 heavy (non-hydrogen) atoms. The first kappa shape index (κ1) is 24.3. The Morgan fingerprint density at radius 1 is 0.882 bits per heavy atom. The van der Waals surface area contributed by atoms with Gasteiger partial charge in [0, 0.05) is 18.6 Å². The molecule has 3 aromatic rings. The molecule has 0 heterocycles. The van der Waals surface area contributed by atoms with Gasteiger partial charge in [-0.3, -0.25) is 14.5 Å². The molecule has 8 heteroatoms. The lowest BCUT2D eigenvalue weighted by atomic mass is 9.95. The van der Waals surface area contributed by atoms with Gasteiger partial charge in [0.05, 0.1) is 38.6 Å². The van der Waals surface area contributed by atoms with E-state index in [1.54, 1.807) is 30.3 Å². The summed E-state index contributed by atoms with van der Waals surface area (Å²) in [5, 5.41) is 9.81. The van der Waals surface area contributed by atoms with E-state index in [1.807, 2.05) is 0 Å². The first-order valence-corrected chi connectivity index (χ1v) is 10.3. The average molecular weight is 463 g/mol. The summed E-state index contributed by atoms with van der Waals surface area (Å²) in [7, 11) is 4.27. The molecular formula is C26H25NO7. The number of hydrogen-bond donors (Lipinski definition) is 1. The molecule has 0 aliphatic carbocycles. The molecule has 0 saturated carbocycles. The van der Waals surface area contributed by atoms with Crippen molar-refractivity contribution in [3.8, 4) is 17.2 Å². The van der Waals surface area contributed by atoms with Crippen LogP contribution < -0.4 is 19.8 Å². The van der Waals surface area contributed by atoms with E-state index >= 15 is 0 Å². The summed E-state index contributed by atoms with van der Waals surface area (Å²) in [5.74, 6) is 0.0167. The second kappa shape index (κ2) is 10.5. The van der Waals surface area contributed by atoms with E-state index in [4.69, 9.17) is 14.2 Å². The van der Waals surface area contributed by atoms with Crippen molar-refractivity contribution in [3.05, 3.63) is 93.6 Å². The molecule has 0 aliphatic heterocycles. The number of methoxy groups -OCH3 is 3. The third-order valence-corrected chi connectivity index (χ3v) is 5.31. The van der Waals surface area contributed by atoms with Crippen LogP contribution in [0.3, 0.4) is 0 Å². The minimum atomic E-state index is -0.796. The number of anilines is 1. The summed E-state index contributed by atoms with van der Waals surface area (Å²) in [5.41, 5.74) is 0.955. The number of benzene rings is 2. The molecule has 0 fully saturated rings. The summed E-state index contributed by atoms with van der Waals surface area (Å²) >= 11 is 0. The molecule has 0 bridgehead atoms. The first-order valence-electron chi connectivity index (χ1n) is 10.3. The number of esters is 1. The molecule has 0 spiro atoms. The van der Waals surface area contributed by atoms with Gasteiger partial charge in [-0.25, -0.2) is 4.79 Å². The van der Waals surface area contributed by atoms with E-state index in [9.17, 15) is 19.5 Å². The summed E-state index contributed by atoms with van der Waals surface area (Å²) in [6.45, 7) is 1.34. The van der Waals surface area contributed by atoms with E-state index < -0.39 is 23.3 Å². The predicted octanol–water partition coefficient (Wildman–Crippen LogP) is 3.70. The van der Waals surface area contributed by atoms with Crippen molar-refractivity contribution in [1.82, 2.24) is 0 Å². The number of carbonyl (C=O) groups excluding carboxylic acids is 2. The Hall–Kier alpha value is -4.33. The van der Waals surface area contributed by atoms with Crippen LogP contribution in [0.25, 0.3) is 0 Å². The number of nitrogens with zero attached hydrogens (tertiary/aromatic N) is 1. The number of amides is 1. The van der Waals surface area contributed by atoms with Gasteiger partial charge in [0.15, 0.2) is 0 Å². The summed E-state index contributed by atoms with van der Waals surface area (Å²) < 4.78 is 15.6. The Bertz CT molecular complexity index is 1250. The third-order valence-electron chi connectivity index (χ3n) is 5.31. The number of ether oxygens (including phenoxy) is 3. The molecule has 0 aromatic heterocycles. The van der Waals surface area contributed by atoms with Crippen LogP contribution in [0.2, 0.25) is 0 Å². The lowest BCUT2D eigenvalue weighted by Crippen LogP contribution is -2.36. The highest BCUT2D eigenvalue weighted by Gasteiger charge is 2.30. The molecule has 1 atom stereocenters. The molecule has 8 nitrogen and oxygen atoms in total. The molecule has 0 saturated heterocycles. The van der Waals surface area contributed by atoms with Crippen molar-refractivity contribution in [2.75, 3.05) is 26.2 Å². The third kappa shape index (κ3) is 5.01.